The molecule has 1 heterocycles. The molecule has 2 aromatic rings. The van der Waals surface area contributed by atoms with Crippen molar-refractivity contribution in [3.63, 3.8) is 0 Å². The van der Waals surface area contributed by atoms with Crippen molar-refractivity contribution < 1.29 is 23.9 Å². The highest BCUT2D eigenvalue weighted by atomic mass is 127. The van der Waals surface area contributed by atoms with Crippen LogP contribution in [0.4, 0.5) is 15.1 Å². The van der Waals surface area contributed by atoms with Gasteiger partial charge in [-0.3, -0.25) is 14.4 Å². The van der Waals surface area contributed by atoms with Crippen LogP contribution in [0.25, 0.3) is 0 Å². The maximum absolute atomic E-state index is 14.2. The summed E-state index contributed by atoms with van der Waals surface area (Å²) < 4.78 is 15.0. The van der Waals surface area contributed by atoms with Crippen molar-refractivity contribution in [1.29, 1.82) is 0 Å². The van der Waals surface area contributed by atoms with Crippen LogP contribution in [0.3, 0.4) is 0 Å². The van der Waals surface area contributed by atoms with Crippen LogP contribution in [-0.4, -0.2) is 35.7 Å². The van der Waals surface area contributed by atoms with Crippen LogP contribution in [0.15, 0.2) is 18.2 Å². The van der Waals surface area contributed by atoms with E-state index in [9.17, 15) is 18.8 Å². The monoisotopic (exact) mass is 502 g/mol. The molecule has 1 aliphatic carbocycles. The number of nitrogens with one attached hydrogen (secondary N) is 2. The number of halogens is 2. The molecule has 0 radical (unpaired) electrons. The van der Waals surface area contributed by atoms with E-state index in [1.807, 2.05) is 22.6 Å². The summed E-state index contributed by atoms with van der Waals surface area (Å²) in [5.74, 6) is -1.57. The molecule has 0 saturated heterocycles. The summed E-state index contributed by atoms with van der Waals surface area (Å²) in [5.41, 5.74) is 1.08. The van der Waals surface area contributed by atoms with Gasteiger partial charge in [0.05, 0.1) is 22.7 Å². The third-order valence-electron chi connectivity index (χ3n) is 4.12. The molecule has 1 aromatic heterocycles. The number of ketones is 2. The molecule has 9 heteroatoms. The van der Waals surface area contributed by atoms with Gasteiger partial charge in [0.25, 0.3) is 5.91 Å². The molecular weight excluding hydrogens is 486 g/mol. The fourth-order valence-electron chi connectivity index (χ4n) is 2.83. The lowest BCUT2D eigenvalue weighted by molar-refractivity contribution is -0.120. The molecule has 3 N–H and O–H groups in total. The predicted octanol–water partition coefficient (Wildman–Crippen LogP) is 3.05. The standard InChI is InChI=1S/C18H16FIN2O4S/c19-12-6-9(20)4-5-13(12)22-18-15(17(26)21-7-10(24)8-23)11-2-1-3-14(25)16(11)27-18/h4-6,22-23H,1-3,7-8H2,(H,21,26). The molecule has 0 aliphatic heterocycles. The molecule has 0 fully saturated rings. The zero-order chi connectivity index (χ0) is 19.6. The summed E-state index contributed by atoms with van der Waals surface area (Å²) in [4.78, 5) is 36.7. The molecule has 1 amide bonds. The Balaban J connectivity index is 1.98. The highest BCUT2D eigenvalue weighted by Crippen LogP contribution is 2.39. The number of anilines is 2. The number of hydrogen-bond donors (Lipinski definition) is 3. The molecule has 0 saturated carbocycles. The Morgan fingerprint density at radius 2 is 2.07 bits per heavy atom. The summed E-state index contributed by atoms with van der Waals surface area (Å²) in [6.45, 7) is -0.981. The van der Waals surface area contributed by atoms with Gasteiger partial charge >= 0.3 is 0 Å². The van der Waals surface area contributed by atoms with Crippen molar-refractivity contribution in [3.8, 4) is 0 Å². The van der Waals surface area contributed by atoms with Crippen LogP contribution in [0.5, 0.6) is 0 Å². The van der Waals surface area contributed by atoms with Crippen LogP contribution in [-0.2, 0) is 11.2 Å². The first kappa shape index (κ1) is 19.9. The number of benzene rings is 1. The van der Waals surface area contributed by atoms with Crippen LogP contribution >= 0.6 is 33.9 Å². The number of thiophene rings is 1. The Labute approximate surface area is 172 Å². The zero-order valence-electron chi connectivity index (χ0n) is 14.1. The first-order chi connectivity index (χ1) is 12.9. The number of hydrogen-bond acceptors (Lipinski definition) is 6. The molecule has 0 atom stereocenters. The van der Waals surface area contributed by atoms with Gasteiger partial charge in [-0.2, -0.15) is 0 Å². The van der Waals surface area contributed by atoms with E-state index in [4.69, 9.17) is 5.11 Å². The van der Waals surface area contributed by atoms with Gasteiger partial charge < -0.3 is 15.7 Å². The van der Waals surface area contributed by atoms with E-state index in [0.29, 0.717) is 34.7 Å². The second-order valence-electron chi connectivity index (χ2n) is 6.02. The topological polar surface area (TPSA) is 95.5 Å². The number of fused-ring (bicyclic) bond motifs is 1. The number of carbonyl (C=O) groups is 3. The Kier molecular flexibility index (Phi) is 6.22. The minimum atomic E-state index is -0.667. The lowest BCUT2D eigenvalue weighted by Crippen LogP contribution is -2.31. The van der Waals surface area contributed by atoms with Crippen LogP contribution in [0, 0.1) is 9.39 Å². The lowest BCUT2D eigenvalue weighted by atomic mass is 9.94. The van der Waals surface area contributed by atoms with Gasteiger partial charge in [-0.1, -0.05) is 0 Å². The quantitative estimate of drug-likeness (QED) is 0.528. The van der Waals surface area contributed by atoms with Crippen LogP contribution in [0.1, 0.15) is 38.4 Å². The fraction of sp³-hybridized carbons (Fsp3) is 0.278. The molecule has 0 spiro atoms. The van der Waals surface area contributed by atoms with Crippen LogP contribution in [0.2, 0.25) is 0 Å². The first-order valence-electron chi connectivity index (χ1n) is 8.22. The van der Waals surface area contributed by atoms with Gasteiger partial charge in [-0.15, -0.1) is 11.3 Å². The minimum Gasteiger partial charge on any atom is -0.389 e. The summed E-state index contributed by atoms with van der Waals surface area (Å²) in [7, 11) is 0. The SMILES string of the molecule is O=C(CO)CNC(=O)c1c(Nc2ccc(I)cc2F)sc2c1CCCC2=O. The number of amides is 1. The maximum Gasteiger partial charge on any atom is 0.254 e. The lowest BCUT2D eigenvalue weighted by Gasteiger charge is -2.13. The Bertz CT molecular complexity index is 928. The van der Waals surface area contributed by atoms with E-state index < -0.39 is 24.1 Å². The predicted molar refractivity (Wildman–Crippen MR) is 108 cm³/mol. The fourth-order valence-corrected chi connectivity index (χ4v) is 4.51. The second-order valence-corrected chi connectivity index (χ2v) is 8.29. The zero-order valence-corrected chi connectivity index (χ0v) is 17.1. The summed E-state index contributed by atoms with van der Waals surface area (Å²) in [6.07, 6.45) is 1.61. The van der Waals surface area contributed by atoms with E-state index >= 15 is 0 Å². The number of carbonyl (C=O) groups excluding carboxylic acids is 3. The number of rotatable bonds is 6. The minimum absolute atomic E-state index is 0.0436. The van der Waals surface area contributed by atoms with E-state index in [0.717, 1.165) is 14.9 Å². The van der Waals surface area contributed by atoms with Gasteiger partial charge in [0.1, 0.15) is 17.4 Å². The second kappa shape index (κ2) is 8.44. The molecule has 27 heavy (non-hydrogen) atoms. The molecule has 1 aliphatic rings. The largest absolute Gasteiger partial charge is 0.389 e. The van der Waals surface area contributed by atoms with Crippen molar-refractivity contribution >= 4 is 62.1 Å². The van der Waals surface area contributed by atoms with Crippen LogP contribution < -0.4 is 10.6 Å². The van der Waals surface area contributed by atoms with Gasteiger partial charge in [0, 0.05) is 9.99 Å². The normalized spacial score (nSPS) is 13.2. The van der Waals surface area contributed by atoms with Gasteiger partial charge in [0.15, 0.2) is 11.6 Å². The molecule has 1 aromatic carbocycles. The summed E-state index contributed by atoms with van der Waals surface area (Å²) in [6, 6.07) is 4.65. The molecule has 142 valence electrons. The third-order valence-corrected chi connectivity index (χ3v) is 5.98. The van der Waals surface area contributed by atoms with Crippen molar-refractivity contribution in [3.05, 3.63) is 43.6 Å². The molecule has 0 bridgehead atoms. The van der Waals surface area contributed by atoms with Gasteiger partial charge in [-0.05, 0) is 59.2 Å². The Morgan fingerprint density at radius 3 is 2.78 bits per heavy atom. The Hall–Kier alpha value is -1.85. The number of Topliss-reactive ketones (excluding diaryl/α,β-unsaturated/α-hetero) is 2. The van der Waals surface area contributed by atoms with Crippen molar-refractivity contribution in [1.82, 2.24) is 5.32 Å². The third kappa shape index (κ3) is 4.36. The van der Waals surface area contributed by atoms with Gasteiger partial charge in [0.2, 0.25) is 0 Å². The van der Waals surface area contributed by atoms with Crippen molar-refractivity contribution in [2.75, 3.05) is 18.5 Å². The maximum atomic E-state index is 14.2. The molecule has 6 nitrogen and oxygen atoms in total. The van der Waals surface area contributed by atoms with E-state index in [-0.39, 0.29) is 23.6 Å². The summed E-state index contributed by atoms with van der Waals surface area (Å²) >= 11 is 3.12. The van der Waals surface area contributed by atoms with Gasteiger partial charge in [-0.25, -0.2) is 4.39 Å². The molecular formula is C18H16FIN2O4S. The molecule has 0 unspecified atom stereocenters. The molecule has 3 rings (SSSR count). The highest BCUT2D eigenvalue weighted by molar-refractivity contribution is 14.1. The number of aliphatic hydroxyl groups excluding tert-OH is 1. The first-order valence-corrected chi connectivity index (χ1v) is 10.1. The van der Waals surface area contributed by atoms with Crippen molar-refractivity contribution in [2.24, 2.45) is 0 Å². The summed E-state index contributed by atoms with van der Waals surface area (Å²) in [5, 5.41) is 14.6. The average Bonchev–Trinajstić information content (AvgIpc) is 3.01. The average molecular weight is 502 g/mol. The number of aliphatic hydroxyl groups is 1. The van der Waals surface area contributed by atoms with E-state index in [1.165, 1.54) is 6.07 Å². The highest BCUT2D eigenvalue weighted by Gasteiger charge is 2.29. The van der Waals surface area contributed by atoms with Crippen molar-refractivity contribution in [2.45, 2.75) is 19.3 Å². The van der Waals surface area contributed by atoms with E-state index in [2.05, 4.69) is 10.6 Å². The Morgan fingerprint density at radius 1 is 1.30 bits per heavy atom. The van der Waals surface area contributed by atoms with E-state index in [1.54, 1.807) is 12.1 Å². The smallest absolute Gasteiger partial charge is 0.254 e.